The van der Waals surface area contributed by atoms with Crippen molar-refractivity contribution in [2.75, 3.05) is 9.80 Å². The van der Waals surface area contributed by atoms with Crippen molar-refractivity contribution in [2.24, 2.45) is 0 Å². The number of rotatable bonds is 6. The van der Waals surface area contributed by atoms with Gasteiger partial charge in [0, 0.05) is 17.3 Å². The molecule has 214 valence electrons. The molecule has 0 aliphatic carbocycles. The van der Waals surface area contributed by atoms with Crippen LogP contribution in [0.3, 0.4) is 0 Å². The lowest BCUT2D eigenvalue weighted by Gasteiger charge is -2.29. The van der Waals surface area contributed by atoms with E-state index in [0.29, 0.717) is 12.1 Å². The van der Waals surface area contributed by atoms with Gasteiger partial charge < -0.3 is 4.90 Å². The summed E-state index contributed by atoms with van der Waals surface area (Å²) in [5.41, 5.74) is -3.36. The molecule has 0 spiro atoms. The van der Waals surface area contributed by atoms with Crippen LogP contribution in [0.4, 0.5) is 28.9 Å². The minimum absolute atomic E-state index is 0.194. The lowest BCUT2D eigenvalue weighted by atomic mass is 10.0. The van der Waals surface area contributed by atoms with Crippen molar-refractivity contribution in [3.8, 4) is 6.07 Å². The molecule has 1 saturated heterocycles. The van der Waals surface area contributed by atoms with Gasteiger partial charge in [-0.1, -0.05) is 27.7 Å². The predicted octanol–water partition coefficient (Wildman–Crippen LogP) is 7.71. The number of hydrogen-bond acceptors (Lipinski definition) is 6. The minimum Gasteiger partial charge on any atom is -0.302 e. The fourth-order valence-corrected chi connectivity index (χ4v) is 5.22. The molecule has 12 heteroatoms. The summed E-state index contributed by atoms with van der Waals surface area (Å²) < 4.78 is 55.6. The third kappa shape index (κ3) is 6.64. The van der Waals surface area contributed by atoms with Gasteiger partial charge in [-0.25, -0.2) is 9.37 Å². The molecule has 40 heavy (non-hydrogen) atoms. The number of carbonyl (C=O) groups excluding carboxylic acids is 1. The first-order valence-corrected chi connectivity index (χ1v) is 14.1. The number of hydrogen-bond donors (Lipinski definition) is 0. The van der Waals surface area contributed by atoms with Crippen LogP contribution in [0.25, 0.3) is 0 Å². The Morgan fingerprint density at radius 1 is 1.07 bits per heavy atom. The molecule has 1 amide bonds. The van der Waals surface area contributed by atoms with E-state index >= 15 is 4.39 Å². The van der Waals surface area contributed by atoms with E-state index in [2.05, 4.69) is 9.97 Å². The summed E-state index contributed by atoms with van der Waals surface area (Å²) in [7, 11) is 0. The van der Waals surface area contributed by atoms with Crippen LogP contribution in [0.2, 0.25) is 0 Å². The molecule has 0 unspecified atom stereocenters. The second kappa shape index (κ2) is 13.8. The highest BCUT2D eigenvalue weighted by Crippen LogP contribution is 2.41. The summed E-state index contributed by atoms with van der Waals surface area (Å²) in [6.45, 7) is 11.1. The van der Waals surface area contributed by atoms with E-state index in [9.17, 15) is 18.0 Å². The minimum atomic E-state index is -5.13. The van der Waals surface area contributed by atoms with Crippen LogP contribution in [0.15, 0.2) is 42.0 Å². The number of nitriles is 1. The third-order valence-electron chi connectivity index (χ3n) is 5.81. The Hall–Kier alpha value is -3.43. The Bertz CT molecular complexity index is 1350. The Morgan fingerprint density at radius 3 is 2.27 bits per heavy atom. The smallest absolute Gasteiger partial charge is 0.302 e. The van der Waals surface area contributed by atoms with E-state index in [4.69, 9.17) is 17.5 Å². The van der Waals surface area contributed by atoms with Gasteiger partial charge in [-0.2, -0.15) is 18.4 Å². The third-order valence-corrected chi connectivity index (χ3v) is 7.01. The molecule has 6 nitrogen and oxygen atoms in total. The molecule has 3 aromatic rings. The first kappa shape index (κ1) is 32.8. The number of nitrogens with zero attached hydrogens (tertiary/aromatic N) is 5. The molecule has 3 heterocycles. The second-order valence-electron chi connectivity index (χ2n) is 8.54. The van der Waals surface area contributed by atoms with Crippen LogP contribution in [0, 0.1) is 17.1 Å². The van der Waals surface area contributed by atoms with E-state index in [1.54, 1.807) is 29.7 Å². The molecule has 4 rings (SSSR count). The van der Waals surface area contributed by atoms with Crippen LogP contribution in [-0.4, -0.2) is 26.5 Å². The second-order valence-corrected chi connectivity index (χ2v) is 9.88. The summed E-state index contributed by atoms with van der Waals surface area (Å²) in [5, 5.41) is 11.8. The Kier molecular flexibility index (Phi) is 11.3. The van der Waals surface area contributed by atoms with Gasteiger partial charge in [-0.3, -0.25) is 14.7 Å². The molecule has 0 bridgehead atoms. The van der Waals surface area contributed by atoms with E-state index in [0.717, 1.165) is 40.6 Å². The lowest BCUT2D eigenvalue weighted by Crippen LogP contribution is -2.44. The number of amides is 1. The number of thiazole rings is 1. The lowest BCUT2D eigenvalue weighted by molar-refractivity contribution is -0.140. The Balaban J connectivity index is 0.00000134. The Morgan fingerprint density at radius 2 is 1.75 bits per heavy atom. The maximum absolute atomic E-state index is 15.1. The molecular weight excluding hydrogens is 562 g/mol. The summed E-state index contributed by atoms with van der Waals surface area (Å²) in [6.07, 6.45) is 0.522. The van der Waals surface area contributed by atoms with Crippen molar-refractivity contribution in [1.29, 1.82) is 5.26 Å². The first-order chi connectivity index (χ1) is 19.0. The van der Waals surface area contributed by atoms with Crippen molar-refractivity contribution < 1.29 is 22.4 Å². The fraction of sp³-hybridized carbons (Fsp3) is 0.393. The van der Waals surface area contributed by atoms with Gasteiger partial charge in [0.05, 0.1) is 34.2 Å². The fourth-order valence-electron chi connectivity index (χ4n) is 4.04. The largest absolute Gasteiger partial charge is 0.420 e. The van der Waals surface area contributed by atoms with E-state index < -0.39 is 40.3 Å². The number of halogens is 4. The quantitative estimate of drug-likeness (QED) is 0.215. The van der Waals surface area contributed by atoms with Crippen molar-refractivity contribution in [1.82, 2.24) is 9.97 Å². The maximum atomic E-state index is 15.1. The van der Waals surface area contributed by atoms with Crippen molar-refractivity contribution in [3.63, 3.8) is 0 Å². The number of thiocarbonyl (C=S) groups is 1. The number of benzene rings is 1. The predicted molar refractivity (Wildman–Crippen MR) is 154 cm³/mol. The average Bonchev–Trinajstić information content (AvgIpc) is 3.51. The molecule has 0 atom stereocenters. The first-order valence-electron chi connectivity index (χ1n) is 12.8. The normalized spacial score (nSPS) is 14.2. The van der Waals surface area contributed by atoms with E-state index in [1.165, 1.54) is 31.0 Å². The van der Waals surface area contributed by atoms with Gasteiger partial charge in [0.25, 0.3) is 5.91 Å². The van der Waals surface area contributed by atoms with Gasteiger partial charge in [-0.15, -0.1) is 11.3 Å². The zero-order valence-corrected chi connectivity index (χ0v) is 24.8. The van der Waals surface area contributed by atoms with Crippen molar-refractivity contribution >= 4 is 45.9 Å². The number of pyridine rings is 1. The molecule has 1 aliphatic rings. The SMILES string of the molecule is CC.CC.CC1(C)C(=O)N(c2ccc(C#N)c(C(F)(F)F)c2F)C(=S)N1c1ccc(CCCc2nccs2)nc1. The molecule has 0 radical (unpaired) electrons. The zero-order chi connectivity index (χ0) is 30.3. The topological polar surface area (TPSA) is 73.1 Å². The summed E-state index contributed by atoms with van der Waals surface area (Å²) >= 11 is 7.03. The summed E-state index contributed by atoms with van der Waals surface area (Å²) in [4.78, 5) is 24.1. The number of aryl methyl sites for hydroxylation is 2. The average molecular weight is 594 g/mol. The number of anilines is 2. The molecule has 1 aliphatic heterocycles. The molecule has 1 fully saturated rings. The Labute approximate surface area is 241 Å². The number of alkyl halides is 3. The van der Waals surface area contributed by atoms with Gasteiger partial charge in [0.2, 0.25) is 0 Å². The standard InChI is InChI=1S/C24H19F4N5OS2.2C2H6/c1-23(2)21(34)32(17-9-6-14(12-29)19(20(17)25)24(26,27)28)22(35)33(23)16-8-7-15(31-13-16)4-3-5-18-30-10-11-36-18;2*1-2/h6-11,13H,3-5H2,1-2H3;2*1-2H3. The van der Waals surface area contributed by atoms with Crippen LogP contribution in [-0.2, 0) is 23.8 Å². The van der Waals surface area contributed by atoms with Crippen LogP contribution in [0.1, 0.15) is 69.8 Å². The van der Waals surface area contributed by atoms with Crippen LogP contribution < -0.4 is 9.80 Å². The highest BCUT2D eigenvalue weighted by Gasteiger charge is 2.52. The molecule has 1 aromatic carbocycles. The summed E-state index contributed by atoms with van der Waals surface area (Å²) in [6, 6.07) is 6.63. The van der Waals surface area contributed by atoms with Crippen LogP contribution >= 0.6 is 23.6 Å². The van der Waals surface area contributed by atoms with Gasteiger partial charge in [0.15, 0.2) is 10.9 Å². The zero-order valence-electron chi connectivity index (χ0n) is 23.1. The van der Waals surface area contributed by atoms with E-state index in [-0.39, 0.29) is 5.11 Å². The maximum Gasteiger partial charge on any atom is 0.420 e. The van der Waals surface area contributed by atoms with Gasteiger partial charge >= 0.3 is 6.18 Å². The van der Waals surface area contributed by atoms with Crippen LogP contribution in [0.5, 0.6) is 0 Å². The van der Waals surface area contributed by atoms with Gasteiger partial charge in [-0.05, 0) is 69.6 Å². The molecule has 2 aromatic heterocycles. The van der Waals surface area contributed by atoms with Gasteiger partial charge in [0.1, 0.15) is 11.1 Å². The molecule has 0 saturated carbocycles. The molecular formula is C28H31F4N5OS2. The van der Waals surface area contributed by atoms with Crippen molar-refractivity contribution in [3.05, 3.63) is 69.7 Å². The van der Waals surface area contributed by atoms with E-state index in [1.807, 2.05) is 33.1 Å². The van der Waals surface area contributed by atoms with Crippen molar-refractivity contribution in [2.45, 2.75) is 72.5 Å². The number of carbonyl (C=O) groups is 1. The monoisotopic (exact) mass is 593 g/mol. The number of aromatic nitrogens is 2. The summed E-state index contributed by atoms with van der Waals surface area (Å²) in [5.74, 6) is -2.44. The highest BCUT2D eigenvalue weighted by molar-refractivity contribution is 7.81. The molecule has 0 N–H and O–H groups in total. The highest BCUT2D eigenvalue weighted by atomic mass is 32.1.